The summed E-state index contributed by atoms with van der Waals surface area (Å²) >= 11 is 20.5. The lowest BCUT2D eigenvalue weighted by Crippen LogP contribution is -1.95. The van der Waals surface area contributed by atoms with Crippen LogP contribution in [-0.2, 0) is 5.75 Å². The summed E-state index contributed by atoms with van der Waals surface area (Å²) in [7, 11) is 0. The van der Waals surface area contributed by atoms with Crippen LogP contribution >= 0.6 is 58.5 Å². The normalized spacial score (nSPS) is 11.3. The minimum Gasteiger partial charge on any atom is -0.305 e. The van der Waals surface area contributed by atoms with Gasteiger partial charge in [-0.25, -0.2) is 9.67 Å². The fourth-order valence-electron chi connectivity index (χ4n) is 2.29. The van der Waals surface area contributed by atoms with Gasteiger partial charge in [-0.1, -0.05) is 46.3 Å². The fraction of sp³-hybridized carbons (Fsp3) is 0.0625. The molecule has 0 aliphatic heterocycles. The van der Waals surface area contributed by atoms with E-state index in [0.717, 1.165) is 21.4 Å². The molecule has 0 amide bonds. The first-order valence-electron chi connectivity index (χ1n) is 7.20. The molecule has 0 N–H and O–H groups in total. The second-order valence-electron chi connectivity index (χ2n) is 5.16. The Hall–Kier alpha value is -1.38. The van der Waals surface area contributed by atoms with Crippen LogP contribution < -0.4 is 0 Å². The maximum atomic E-state index is 6.00. The van der Waals surface area contributed by atoms with Crippen molar-refractivity contribution in [3.8, 4) is 5.69 Å². The molecule has 0 bridgehead atoms. The minimum atomic E-state index is 0.684. The number of halogens is 2. The third-order valence-corrected chi connectivity index (χ3v) is 6.28. The van der Waals surface area contributed by atoms with Gasteiger partial charge in [0, 0.05) is 23.2 Å². The number of imidazole rings is 1. The number of nitrogens with zero attached hydrogens (tertiary/aromatic N) is 4. The lowest BCUT2D eigenvalue weighted by atomic mass is 10.3. The van der Waals surface area contributed by atoms with Crippen LogP contribution in [0.4, 0.5) is 0 Å². The highest BCUT2D eigenvalue weighted by Crippen LogP contribution is 2.27. The molecule has 4 aromatic rings. The Balaban J connectivity index is 1.53. The molecular weight excluding hydrogens is 415 g/mol. The molecule has 3 heterocycles. The predicted octanol–water partition coefficient (Wildman–Crippen LogP) is 5.91. The predicted molar refractivity (Wildman–Crippen MR) is 107 cm³/mol. The highest BCUT2D eigenvalue weighted by atomic mass is 35.5. The Labute approximate surface area is 167 Å². The smallest absolute Gasteiger partial charge is 0.184 e. The summed E-state index contributed by atoms with van der Waals surface area (Å²) in [6, 6.07) is 11.2. The molecule has 0 saturated carbocycles. The molecule has 0 radical (unpaired) electrons. The third-order valence-electron chi connectivity index (χ3n) is 3.41. The lowest BCUT2D eigenvalue weighted by molar-refractivity contribution is 0.829. The van der Waals surface area contributed by atoms with E-state index < -0.39 is 0 Å². The van der Waals surface area contributed by atoms with Gasteiger partial charge < -0.3 is 4.40 Å². The van der Waals surface area contributed by atoms with Gasteiger partial charge in [0.15, 0.2) is 8.29 Å². The second kappa shape index (κ2) is 7.09. The molecule has 9 heteroatoms. The largest absolute Gasteiger partial charge is 0.305 e. The van der Waals surface area contributed by atoms with E-state index in [9.17, 15) is 0 Å². The molecule has 25 heavy (non-hydrogen) atoms. The molecule has 4 nitrogen and oxygen atoms in total. The maximum Gasteiger partial charge on any atom is 0.184 e. The second-order valence-corrected chi connectivity index (χ2v) is 8.87. The summed E-state index contributed by atoms with van der Waals surface area (Å²) in [5.74, 6) is 0.711. The molecule has 1 aromatic carbocycles. The fourth-order valence-corrected chi connectivity index (χ4v) is 4.83. The SMILES string of the molecule is S=c1sc(SCc2cn3cc(Cl)ccc3n2)nn1-c1ccc(Cl)cc1. The molecule has 3 aromatic heterocycles. The van der Waals surface area contributed by atoms with Crippen molar-refractivity contribution in [2.24, 2.45) is 0 Å². The molecule has 0 atom stereocenters. The summed E-state index contributed by atoms with van der Waals surface area (Å²) < 4.78 is 5.27. The number of thioether (sulfide) groups is 1. The summed E-state index contributed by atoms with van der Waals surface area (Å²) in [5, 5.41) is 5.96. The first-order chi connectivity index (χ1) is 12.1. The van der Waals surface area contributed by atoms with E-state index in [2.05, 4.69) is 10.1 Å². The zero-order valence-electron chi connectivity index (χ0n) is 12.6. The lowest BCUT2D eigenvalue weighted by Gasteiger charge is -2.00. The average molecular weight is 425 g/mol. The Bertz CT molecular complexity index is 1100. The summed E-state index contributed by atoms with van der Waals surface area (Å²) in [4.78, 5) is 4.58. The van der Waals surface area contributed by atoms with E-state index in [1.165, 1.54) is 11.3 Å². The monoisotopic (exact) mass is 424 g/mol. The molecule has 0 unspecified atom stereocenters. The Morgan fingerprint density at radius 2 is 1.80 bits per heavy atom. The number of fused-ring (bicyclic) bond motifs is 1. The van der Waals surface area contributed by atoms with E-state index in [0.29, 0.717) is 19.8 Å². The molecule has 4 rings (SSSR count). The van der Waals surface area contributed by atoms with Crippen molar-refractivity contribution in [3.05, 3.63) is 68.5 Å². The molecule has 0 aliphatic rings. The standard InChI is InChI=1S/C16H10Cl2N4S3/c17-10-1-4-13(5-2-10)22-16(23)25-15(20-22)24-9-12-8-21-7-11(18)3-6-14(21)19-12/h1-8H,9H2. The van der Waals surface area contributed by atoms with E-state index >= 15 is 0 Å². The molecule has 126 valence electrons. The van der Waals surface area contributed by atoms with Crippen LogP contribution in [0.1, 0.15) is 5.69 Å². The van der Waals surface area contributed by atoms with Gasteiger partial charge in [0.25, 0.3) is 0 Å². The van der Waals surface area contributed by atoms with Crippen molar-refractivity contribution in [3.63, 3.8) is 0 Å². The number of hydrogen-bond donors (Lipinski definition) is 0. The molecule has 0 saturated heterocycles. The Morgan fingerprint density at radius 3 is 2.60 bits per heavy atom. The van der Waals surface area contributed by atoms with Gasteiger partial charge in [0.05, 0.1) is 16.4 Å². The number of aromatic nitrogens is 4. The number of pyridine rings is 1. The first kappa shape index (κ1) is 17.1. The number of benzene rings is 1. The summed E-state index contributed by atoms with van der Waals surface area (Å²) in [5.41, 5.74) is 2.74. The van der Waals surface area contributed by atoms with Crippen molar-refractivity contribution < 1.29 is 0 Å². The highest BCUT2D eigenvalue weighted by molar-refractivity contribution is 8.00. The minimum absolute atomic E-state index is 0.684. The van der Waals surface area contributed by atoms with Crippen LogP contribution in [0.2, 0.25) is 10.0 Å². The van der Waals surface area contributed by atoms with Gasteiger partial charge in [0.2, 0.25) is 0 Å². The third kappa shape index (κ3) is 3.75. The van der Waals surface area contributed by atoms with Gasteiger partial charge in [-0.15, -0.1) is 5.10 Å². The molecule has 0 spiro atoms. The van der Waals surface area contributed by atoms with E-state index in [-0.39, 0.29) is 0 Å². The zero-order chi connectivity index (χ0) is 17.4. The molecule has 0 aliphatic carbocycles. The van der Waals surface area contributed by atoms with Gasteiger partial charge in [-0.05, 0) is 48.6 Å². The Morgan fingerprint density at radius 1 is 1.04 bits per heavy atom. The Kier molecular flexibility index (Phi) is 4.84. The van der Waals surface area contributed by atoms with Crippen molar-refractivity contribution in [1.29, 1.82) is 0 Å². The van der Waals surface area contributed by atoms with Crippen LogP contribution in [0.3, 0.4) is 0 Å². The van der Waals surface area contributed by atoms with E-state index in [1.807, 2.05) is 53.2 Å². The van der Waals surface area contributed by atoms with Crippen molar-refractivity contribution >= 4 is 64.2 Å². The molecular formula is C16H10Cl2N4S3. The van der Waals surface area contributed by atoms with Crippen LogP contribution in [-0.4, -0.2) is 19.2 Å². The van der Waals surface area contributed by atoms with E-state index in [4.69, 9.17) is 35.4 Å². The summed E-state index contributed by atoms with van der Waals surface area (Å²) in [6.45, 7) is 0. The van der Waals surface area contributed by atoms with Gasteiger partial charge >= 0.3 is 0 Å². The van der Waals surface area contributed by atoms with Crippen LogP contribution in [0, 0.1) is 3.95 Å². The van der Waals surface area contributed by atoms with Gasteiger partial charge in [-0.2, -0.15) is 0 Å². The van der Waals surface area contributed by atoms with Gasteiger partial charge in [0.1, 0.15) is 5.65 Å². The number of rotatable bonds is 4. The van der Waals surface area contributed by atoms with Crippen molar-refractivity contribution in [2.45, 2.75) is 10.1 Å². The quantitative estimate of drug-likeness (QED) is 0.301. The maximum absolute atomic E-state index is 6.00. The molecule has 0 fully saturated rings. The van der Waals surface area contributed by atoms with Crippen molar-refractivity contribution in [1.82, 2.24) is 19.2 Å². The van der Waals surface area contributed by atoms with Gasteiger partial charge in [-0.3, -0.25) is 0 Å². The van der Waals surface area contributed by atoms with Crippen molar-refractivity contribution in [2.75, 3.05) is 0 Å². The summed E-state index contributed by atoms with van der Waals surface area (Å²) in [6.07, 6.45) is 3.82. The number of hydrogen-bond acceptors (Lipinski definition) is 5. The first-order valence-corrected chi connectivity index (χ1v) is 10.2. The van der Waals surface area contributed by atoms with Crippen LogP contribution in [0.15, 0.2) is 53.1 Å². The highest BCUT2D eigenvalue weighted by Gasteiger charge is 2.09. The van der Waals surface area contributed by atoms with Crippen LogP contribution in [0.5, 0.6) is 0 Å². The average Bonchev–Trinajstić information content (AvgIpc) is 3.16. The topological polar surface area (TPSA) is 35.1 Å². The van der Waals surface area contributed by atoms with Crippen LogP contribution in [0.25, 0.3) is 11.3 Å². The zero-order valence-corrected chi connectivity index (χ0v) is 16.6. The van der Waals surface area contributed by atoms with E-state index in [1.54, 1.807) is 16.4 Å².